The first-order valence-corrected chi connectivity index (χ1v) is 16.2. The topological polar surface area (TPSA) is 90.5 Å². The lowest BCUT2D eigenvalue weighted by Gasteiger charge is -2.34. The number of ether oxygens (including phenoxy) is 3. The van der Waals surface area contributed by atoms with Gasteiger partial charge in [-0.2, -0.15) is 4.98 Å². The van der Waals surface area contributed by atoms with Gasteiger partial charge in [0.25, 0.3) is 0 Å². The number of rotatable bonds is 17. The molecule has 2 heterocycles. The lowest BCUT2D eigenvalue weighted by molar-refractivity contribution is 0.200. The number of hydrogen-bond acceptors (Lipinski definition) is 11. The third kappa shape index (κ3) is 9.24. The smallest absolute Gasteiger partial charge is 0.225 e. The zero-order valence-electron chi connectivity index (χ0n) is 28.7. The van der Waals surface area contributed by atoms with Gasteiger partial charge in [0.1, 0.15) is 18.2 Å². The number of aromatic nitrogens is 2. The standard InChI is InChI=1S/C34H54N8O3/c1-9-41(10-2)20-21-45-30-13-11-12-29(40(5)6)27(30)24-42-17-14-25(15-18-42)36-33-26-22-31(43-7)32(44-8)23-28(26)37-34(38-33)35-16-19-39(3)4/h11-13,22-23,25H,9-10,14-21,24H2,1-8H3,(H2,35,36,37,38). The molecule has 1 aromatic heterocycles. The van der Waals surface area contributed by atoms with Crippen molar-refractivity contribution in [3.05, 3.63) is 35.9 Å². The Kier molecular flexibility index (Phi) is 12.7. The zero-order valence-corrected chi connectivity index (χ0v) is 28.7. The van der Waals surface area contributed by atoms with E-state index in [4.69, 9.17) is 24.2 Å². The zero-order chi connectivity index (χ0) is 32.3. The quantitative estimate of drug-likeness (QED) is 0.223. The van der Waals surface area contributed by atoms with Crippen LogP contribution >= 0.6 is 0 Å². The summed E-state index contributed by atoms with van der Waals surface area (Å²) < 4.78 is 17.6. The number of benzene rings is 2. The molecule has 2 N–H and O–H groups in total. The minimum Gasteiger partial charge on any atom is -0.493 e. The summed E-state index contributed by atoms with van der Waals surface area (Å²) in [5.41, 5.74) is 3.27. The highest BCUT2D eigenvalue weighted by Gasteiger charge is 2.24. The van der Waals surface area contributed by atoms with Crippen molar-refractivity contribution < 1.29 is 14.2 Å². The normalized spacial score (nSPS) is 14.3. The van der Waals surface area contributed by atoms with Crippen LogP contribution in [0.5, 0.6) is 17.2 Å². The van der Waals surface area contributed by atoms with E-state index in [0.29, 0.717) is 24.1 Å². The molecule has 0 spiro atoms. The third-order valence-electron chi connectivity index (χ3n) is 8.50. The maximum Gasteiger partial charge on any atom is 0.225 e. The largest absolute Gasteiger partial charge is 0.493 e. The summed E-state index contributed by atoms with van der Waals surface area (Å²) in [6.07, 6.45) is 2.01. The molecule has 11 heteroatoms. The SMILES string of the molecule is CCN(CC)CCOc1cccc(N(C)C)c1CN1CCC(Nc2nc(NCCN(C)C)nc3cc(OC)c(OC)cc23)CC1. The molecule has 2 aromatic carbocycles. The summed E-state index contributed by atoms with van der Waals surface area (Å²) in [6.45, 7) is 12.5. The van der Waals surface area contributed by atoms with Gasteiger partial charge in [-0.1, -0.05) is 19.9 Å². The summed E-state index contributed by atoms with van der Waals surface area (Å²) in [7, 11) is 11.6. The Balaban J connectivity index is 1.47. The first-order valence-electron chi connectivity index (χ1n) is 16.2. The molecule has 0 bridgehead atoms. The predicted molar refractivity (Wildman–Crippen MR) is 186 cm³/mol. The van der Waals surface area contributed by atoms with Crippen LogP contribution in [0.2, 0.25) is 0 Å². The van der Waals surface area contributed by atoms with Crippen molar-refractivity contribution in [2.45, 2.75) is 39.3 Å². The summed E-state index contributed by atoms with van der Waals surface area (Å²) in [5.74, 6) is 3.71. The molecule has 0 aliphatic carbocycles. The molecule has 45 heavy (non-hydrogen) atoms. The Morgan fingerprint density at radius 3 is 2.27 bits per heavy atom. The molecule has 11 nitrogen and oxygen atoms in total. The number of anilines is 3. The van der Waals surface area contributed by atoms with E-state index in [1.807, 2.05) is 12.1 Å². The van der Waals surface area contributed by atoms with Crippen molar-refractivity contribution in [1.82, 2.24) is 24.7 Å². The van der Waals surface area contributed by atoms with Crippen LogP contribution in [-0.4, -0.2) is 126 Å². The van der Waals surface area contributed by atoms with Crippen molar-refractivity contribution in [3.63, 3.8) is 0 Å². The second-order valence-corrected chi connectivity index (χ2v) is 12.1. The number of likely N-dealkylation sites (tertiary alicyclic amines) is 1. The first-order chi connectivity index (χ1) is 21.8. The van der Waals surface area contributed by atoms with E-state index < -0.39 is 0 Å². The first kappa shape index (κ1) is 34.3. The van der Waals surface area contributed by atoms with Crippen molar-refractivity contribution in [2.75, 3.05) is 110 Å². The highest BCUT2D eigenvalue weighted by atomic mass is 16.5. The fourth-order valence-corrected chi connectivity index (χ4v) is 5.78. The van der Waals surface area contributed by atoms with Gasteiger partial charge in [0.2, 0.25) is 5.95 Å². The van der Waals surface area contributed by atoms with Crippen LogP contribution in [-0.2, 0) is 6.54 Å². The molecule has 0 saturated carbocycles. The molecule has 0 radical (unpaired) electrons. The Morgan fingerprint density at radius 1 is 0.911 bits per heavy atom. The lowest BCUT2D eigenvalue weighted by Crippen LogP contribution is -2.39. The number of nitrogens with one attached hydrogen (secondary N) is 2. The van der Waals surface area contributed by atoms with Crippen LogP contribution in [0.4, 0.5) is 17.5 Å². The lowest BCUT2D eigenvalue weighted by atomic mass is 10.0. The molecular formula is C34H54N8O3. The summed E-state index contributed by atoms with van der Waals surface area (Å²) in [5, 5.41) is 8.07. The molecule has 0 atom stereocenters. The predicted octanol–water partition coefficient (Wildman–Crippen LogP) is 4.48. The number of nitrogens with zero attached hydrogens (tertiary/aromatic N) is 6. The number of piperidine rings is 1. The fourth-order valence-electron chi connectivity index (χ4n) is 5.78. The van der Waals surface area contributed by atoms with Gasteiger partial charge in [-0.3, -0.25) is 4.90 Å². The molecule has 0 unspecified atom stereocenters. The molecule has 0 amide bonds. The molecule has 1 saturated heterocycles. The van der Waals surface area contributed by atoms with E-state index in [1.54, 1.807) is 14.2 Å². The Bertz CT molecular complexity index is 1360. The summed E-state index contributed by atoms with van der Waals surface area (Å²) >= 11 is 0. The molecule has 4 rings (SSSR count). The molecule has 1 aliphatic heterocycles. The monoisotopic (exact) mass is 622 g/mol. The van der Waals surface area contributed by atoms with Crippen molar-refractivity contribution in [2.24, 2.45) is 0 Å². The van der Waals surface area contributed by atoms with E-state index in [1.165, 1.54) is 11.3 Å². The van der Waals surface area contributed by atoms with E-state index in [9.17, 15) is 0 Å². The van der Waals surface area contributed by atoms with Gasteiger partial charge in [-0.05, 0) is 58.2 Å². The van der Waals surface area contributed by atoms with Crippen LogP contribution in [0.15, 0.2) is 30.3 Å². The summed E-state index contributed by atoms with van der Waals surface area (Å²) in [6, 6.07) is 10.6. The second kappa shape index (κ2) is 16.7. The van der Waals surface area contributed by atoms with Crippen LogP contribution < -0.4 is 29.7 Å². The van der Waals surface area contributed by atoms with Gasteiger partial charge in [0, 0.05) is 82.1 Å². The maximum absolute atomic E-state index is 6.38. The average Bonchev–Trinajstić information content (AvgIpc) is 3.03. The molecule has 1 aliphatic rings. The van der Waals surface area contributed by atoms with Gasteiger partial charge < -0.3 is 39.5 Å². The van der Waals surface area contributed by atoms with Crippen LogP contribution in [0.1, 0.15) is 32.3 Å². The van der Waals surface area contributed by atoms with Crippen LogP contribution in [0.3, 0.4) is 0 Å². The van der Waals surface area contributed by atoms with Gasteiger partial charge >= 0.3 is 0 Å². The van der Waals surface area contributed by atoms with Gasteiger partial charge in [-0.15, -0.1) is 0 Å². The van der Waals surface area contributed by atoms with Crippen molar-refractivity contribution in [3.8, 4) is 17.2 Å². The second-order valence-electron chi connectivity index (χ2n) is 12.1. The third-order valence-corrected chi connectivity index (χ3v) is 8.50. The molecule has 248 valence electrons. The van der Waals surface area contributed by atoms with Crippen molar-refractivity contribution in [1.29, 1.82) is 0 Å². The molecular weight excluding hydrogens is 568 g/mol. The highest BCUT2D eigenvalue weighted by Crippen LogP contribution is 2.36. The van der Waals surface area contributed by atoms with E-state index >= 15 is 0 Å². The van der Waals surface area contributed by atoms with E-state index in [-0.39, 0.29) is 6.04 Å². The Morgan fingerprint density at radius 2 is 1.62 bits per heavy atom. The minimum absolute atomic E-state index is 0.288. The van der Waals surface area contributed by atoms with Crippen LogP contribution in [0.25, 0.3) is 10.9 Å². The average molecular weight is 623 g/mol. The molecule has 1 fully saturated rings. The van der Waals surface area contributed by atoms with Crippen LogP contribution in [0, 0.1) is 0 Å². The number of fused-ring (bicyclic) bond motifs is 1. The Labute approximate surface area is 269 Å². The minimum atomic E-state index is 0.288. The number of hydrogen-bond donors (Lipinski definition) is 2. The number of likely N-dealkylation sites (N-methyl/N-ethyl adjacent to an activating group) is 2. The van der Waals surface area contributed by atoms with E-state index in [2.05, 4.69) is 90.5 Å². The maximum atomic E-state index is 6.38. The van der Waals surface area contributed by atoms with Gasteiger partial charge in [0.05, 0.1) is 19.7 Å². The summed E-state index contributed by atoms with van der Waals surface area (Å²) in [4.78, 5) is 19.0. The Hall–Kier alpha value is -3.54. The van der Waals surface area contributed by atoms with Crippen molar-refractivity contribution >= 4 is 28.4 Å². The van der Waals surface area contributed by atoms with E-state index in [0.717, 1.165) is 87.7 Å². The number of methoxy groups -OCH3 is 2. The fraction of sp³-hybridized carbons (Fsp3) is 0.588. The molecule has 3 aromatic rings. The highest BCUT2D eigenvalue weighted by molar-refractivity contribution is 5.92. The van der Waals surface area contributed by atoms with Gasteiger partial charge in [0.15, 0.2) is 11.5 Å². The van der Waals surface area contributed by atoms with Gasteiger partial charge in [-0.25, -0.2) is 4.98 Å².